The van der Waals surface area contributed by atoms with Crippen molar-refractivity contribution in [1.82, 2.24) is 4.81 Å². The fourth-order valence-electron chi connectivity index (χ4n) is 3.17. The smallest absolute Gasteiger partial charge is 0.295 e. The highest BCUT2D eigenvalue weighted by Gasteiger charge is 2.25. The fourth-order valence-corrected chi connectivity index (χ4v) is 5.51. The maximum absolute atomic E-state index is 13.1. The van der Waals surface area contributed by atoms with Gasteiger partial charge in [-0.2, -0.15) is 13.2 Å². The number of hydroxylamine groups is 2. The van der Waals surface area contributed by atoms with Crippen LogP contribution in [0.4, 0.5) is 11.4 Å². The summed E-state index contributed by atoms with van der Waals surface area (Å²) in [5, 5.41) is 21.8. The van der Waals surface area contributed by atoms with E-state index in [1.807, 2.05) is 0 Å². The first-order chi connectivity index (χ1) is 15.1. The van der Waals surface area contributed by atoms with Crippen LogP contribution in [0.2, 0.25) is 0 Å². The van der Waals surface area contributed by atoms with Crippen LogP contribution in [0.3, 0.4) is 0 Å². The first kappa shape index (κ1) is 22.3. The maximum atomic E-state index is 13.1. The zero-order valence-electron chi connectivity index (χ0n) is 17.0. The molecule has 4 rings (SSSR count). The molecule has 10 heteroatoms. The number of hydrogen-bond donors (Lipinski definition) is 2. The van der Waals surface area contributed by atoms with Crippen LogP contribution >= 0.6 is 0 Å². The van der Waals surface area contributed by atoms with Crippen molar-refractivity contribution >= 4 is 43.5 Å². The van der Waals surface area contributed by atoms with Gasteiger partial charge in [-0.25, -0.2) is 5.21 Å². The second-order valence-electron chi connectivity index (χ2n) is 7.24. The highest BCUT2D eigenvalue weighted by molar-refractivity contribution is 7.93. The zero-order valence-corrected chi connectivity index (χ0v) is 18.6. The Balaban J connectivity index is 1.60. The summed E-state index contributed by atoms with van der Waals surface area (Å²) in [6, 6.07) is 20.9. The summed E-state index contributed by atoms with van der Waals surface area (Å²) in [5.41, 5.74) is 1.26. The summed E-state index contributed by atoms with van der Waals surface area (Å²) in [4.78, 5) is -1.32. The van der Waals surface area contributed by atoms with E-state index in [0.717, 1.165) is 7.05 Å². The van der Waals surface area contributed by atoms with E-state index >= 15 is 0 Å². The van der Waals surface area contributed by atoms with Crippen molar-refractivity contribution < 1.29 is 22.6 Å². The molecular weight excluding hydrogens is 452 g/mol. The Morgan fingerprint density at radius 3 is 2.50 bits per heavy atom. The normalized spacial score (nSPS) is 14.8. The van der Waals surface area contributed by atoms with Gasteiger partial charge in [0.15, 0.2) is 10.6 Å². The number of nitrogens with one attached hydrogen (secondary N) is 1. The third-order valence-corrected chi connectivity index (χ3v) is 7.39. The van der Waals surface area contributed by atoms with E-state index in [1.165, 1.54) is 24.3 Å². The van der Waals surface area contributed by atoms with Crippen molar-refractivity contribution in [3.05, 3.63) is 89.6 Å². The summed E-state index contributed by atoms with van der Waals surface area (Å²) in [7, 11) is -2.99. The average Bonchev–Trinajstić information content (AvgIpc) is 3.19. The summed E-state index contributed by atoms with van der Waals surface area (Å²) in [6.07, 6.45) is 0. The highest BCUT2D eigenvalue weighted by Crippen LogP contribution is 2.30. The molecule has 8 nitrogen and oxygen atoms in total. The number of anilines is 1. The Bertz CT molecular complexity index is 1330. The molecular formula is C22H20N2O6S2. The van der Waals surface area contributed by atoms with Crippen LogP contribution in [0.15, 0.2) is 93.3 Å². The van der Waals surface area contributed by atoms with E-state index in [-0.39, 0.29) is 27.1 Å². The van der Waals surface area contributed by atoms with Crippen LogP contribution in [-0.2, 0) is 27.0 Å². The van der Waals surface area contributed by atoms with E-state index < -0.39 is 26.0 Å². The molecule has 2 N–H and O–H groups in total. The van der Waals surface area contributed by atoms with Crippen LogP contribution in [0.1, 0.15) is 5.56 Å². The quantitative estimate of drug-likeness (QED) is 0.234. The first-order valence-electron chi connectivity index (χ1n) is 9.52. The molecule has 1 aromatic heterocycles. The molecule has 0 bridgehead atoms. The Hall–Kier alpha value is -2.86. The first-order valence-corrected chi connectivity index (χ1v) is 12.3. The molecule has 2 atom stereocenters. The minimum absolute atomic E-state index is 0.0250. The number of sulfonamides is 1. The van der Waals surface area contributed by atoms with Gasteiger partial charge in [0.05, 0.1) is 0 Å². The number of quaternary nitrogens is 1. The number of fused-ring (bicyclic) bond motifs is 1. The third-order valence-electron chi connectivity index (χ3n) is 4.73. The van der Waals surface area contributed by atoms with Gasteiger partial charge in [0.1, 0.15) is 24.1 Å². The molecule has 0 fully saturated rings. The van der Waals surface area contributed by atoms with Crippen LogP contribution < -0.4 is 9.53 Å². The van der Waals surface area contributed by atoms with Gasteiger partial charge in [0, 0.05) is 29.1 Å². The van der Waals surface area contributed by atoms with Crippen molar-refractivity contribution in [3.63, 3.8) is 0 Å². The van der Waals surface area contributed by atoms with Crippen molar-refractivity contribution in [2.75, 3.05) is 11.8 Å². The topological polar surface area (TPSA) is 126 Å². The lowest BCUT2D eigenvalue weighted by atomic mass is 10.2. The Labute approximate surface area is 188 Å². The van der Waals surface area contributed by atoms with Crippen LogP contribution in [-0.4, -0.2) is 25.2 Å². The molecule has 0 amide bonds. The monoisotopic (exact) mass is 472 g/mol. The molecule has 0 saturated heterocycles. The van der Waals surface area contributed by atoms with E-state index in [2.05, 4.69) is 4.72 Å². The predicted octanol–water partition coefficient (Wildman–Crippen LogP) is 4.37. The van der Waals surface area contributed by atoms with Crippen molar-refractivity contribution in [1.29, 1.82) is 0 Å². The molecule has 0 radical (unpaired) electrons. The van der Waals surface area contributed by atoms with E-state index in [1.54, 1.807) is 54.6 Å². The van der Waals surface area contributed by atoms with Crippen LogP contribution in [0.25, 0.3) is 11.0 Å². The van der Waals surface area contributed by atoms with Crippen molar-refractivity contribution in [2.45, 2.75) is 15.7 Å². The van der Waals surface area contributed by atoms with Crippen LogP contribution in [0, 0.1) is 5.21 Å². The summed E-state index contributed by atoms with van der Waals surface area (Å²) in [5.74, 6) is 0.0250. The molecule has 0 aliphatic heterocycles. The molecule has 3 aromatic carbocycles. The van der Waals surface area contributed by atoms with E-state index in [0.29, 0.717) is 16.5 Å². The summed E-state index contributed by atoms with van der Waals surface area (Å²) < 4.78 is 46.8. The SMILES string of the molecule is C[N+]([O-])(O)c1cccc(C[S+]([O-])c2ccccc2NS(=O)(=O)c2cc3ccccc3o2)c1. The number of hydrogen-bond acceptors (Lipinski definition) is 6. The minimum atomic E-state index is -4.06. The van der Waals surface area contributed by atoms with Gasteiger partial charge >= 0.3 is 0 Å². The van der Waals surface area contributed by atoms with E-state index in [4.69, 9.17) is 4.42 Å². The third kappa shape index (κ3) is 4.80. The van der Waals surface area contributed by atoms with Gasteiger partial charge in [-0.3, -0.25) is 4.72 Å². The van der Waals surface area contributed by atoms with Gasteiger partial charge in [0.2, 0.25) is 5.09 Å². The Morgan fingerprint density at radius 1 is 1.03 bits per heavy atom. The molecule has 166 valence electrons. The minimum Gasteiger partial charge on any atom is -0.611 e. The zero-order chi connectivity index (χ0) is 22.9. The molecule has 2 unspecified atom stereocenters. The standard InChI is InChI=1S/C22H20N2O6S2/c1-24(25,26)18-9-6-7-16(13-18)15-31(27)21-12-5-3-10-19(21)23-32(28,29)22-14-17-8-2-4-11-20(17)30-22/h2-14,23,25H,15H2,1H3. The Kier molecular flexibility index (Phi) is 5.99. The van der Waals surface area contributed by atoms with E-state index in [9.17, 15) is 23.4 Å². The Morgan fingerprint density at radius 2 is 1.75 bits per heavy atom. The van der Waals surface area contributed by atoms with Gasteiger partial charge in [-0.05, 0) is 29.4 Å². The molecule has 4 aromatic rings. The lowest BCUT2D eigenvalue weighted by Crippen LogP contribution is -2.33. The van der Waals surface area contributed by atoms with Crippen LogP contribution in [0.5, 0.6) is 0 Å². The van der Waals surface area contributed by atoms with Crippen molar-refractivity contribution in [3.8, 4) is 0 Å². The van der Waals surface area contributed by atoms with Gasteiger partial charge in [-0.15, -0.1) is 0 Å². The number of benzene rings is 3. The largest absolute Gasteiger partial charge is 0.611 e. The summed E-state index contributed by atoms with van der Waals surface area (Å²) in [6.45, 7) is 0. The number of para-hydroxylation sites is 2. The maximum Gasteiger partial charge on any atom is 0.295 e. The number of nitrogens with zero attached hydrogens (tertiary/aromatic N) is 1. The summed E-state index contributed by atoms with van der Waals surface area (Å²) >= 11 is -1.64. The molecule has 1 heterocycles. The number of furan rings is 1. The second-order valence-corrected chi connectivity index (χ2v) is 10.3. The molecule has 32 heavy (non-hydrogen) atoms. The molecule has 0 saturated carbocycles. The number of rotatable bonds is 7. The lowest BCUT2D eigenvalue weighted by Gasteiger charge is -2.28. The highest BCUT2D eigenvalue weighted by atomic mass is 32.2. The van der Waals surface area contributed by atoms with Gasteiger partial charge in [0.25, 0.3) is 10.0 Å². The average molecular weight is 473 g/mol. The molecule has 0 aliphatic rings. The lowest BCUT2D eigenvalue weighted by molar-refractivity contribution is -0.00445. The molecule has 0 aliphatic carbocycles. The fraction of sp³-hybridized carbons (Fsp3) is 0.0909. The predicted molar refractivity (Wildman–Crippen MR) is 123 cm³/mol. The molecule has 0 spiro atoms. The second kappa shape index (κ2) is 8.58. The van der Waals surface area contributed by atoms with Gasteiger partial charge < -0.3 is 14.2 Å². The van der Waals surface area contributed by atoms with Crippen molar-refractivity contribution in [2.24, 2.45) is 0 Å². The van der Waals surface area contributed by atoms with Gasteiger partial charge in [-0.1, -0.05) is 42.5 Å².